The van der Waals surface area contributed by atoms with Gasteiger partial charge in [0.1, 0.15) is 0 Å². The molecule has 6 heteroatoms. The Labute approximate surface area is 162 Å². The zero-order valence-corrected chi connectivity index (χ0v) is 15.4. The van der Waals surface area contributed by atoms with Crippen molar-refractivity contribution in [3.8, 4) is 0 Å². The molecule has 2 fully saturated rings. The summed E-state index contributed by atoms with van der Waals surface area (Å²) in [6.45, 7) is 0. The molecule has 0 aromatic heterocycles. The Morgan fingerprint density at radius 2 is 1.63 bits per heavy atom. The highest BCUT2D eigenvalue weighted by Crippen LogP contribution is 2.40. The number of amides is 3. The van der Waals surface area contributed by atoms with Crippen molar-refractivity contribution in [2.75, 3.05) is 10.2 Å². The average molecular weight is 383 g/mol. The molecule has 138 valence electrons. The lowest BCUT2D eigenvalue weighted by Gasteiger charge is -2.19. The van der Waals surface area contributed by atoms with E-state index in [9.17, 15) is 14.4 Å². The van der Waals surface area contributed by atoms with Gasteiger partial charge in [0.2, 0.25) is 11.8 Å². The molecular formula is C21H19ClN2O3. The number of rotatable bonds is 3. The second-order valence-corrected chi connectivity index (χ2v) is 7.40. The number of halogens is 1. The number of fused-ring (bicyclic) bond motifs is 1. The van der Waals surface area contributed by atoms with Gasteiger partial charge in [0.15, 0.2) is 0 Å². The van der Waals surface area contributed by atoms with E-state index in [0.717, 1.165) is 25.7 Å². The highest BCUT2D eigenvalue weighted by molar-refractivity contribution is 6.34. The molecule has 1 aliphatic heterocycles. The molecule has 2 unspecified atom stereocenters. The van der Waals surface area contributed by atoms with Crippen LogP contribution in [0.1, 0.15) is 36.0 Å². The second kappa shape index (κ2) is 7.16. The average Bonchev–Trinajstić information content (AvgIpc) is 2.94. The predicted octanol–water partition coefficient (Wildman–Crippen LogP) is 4.27. The fourth-order valence-electron chi connectivity index (χ4n) is 3.96. The van der Waals surface area contributed by atoms with Crippen LogP contribution in [0.3, 0.4) is 0 Å². The van der Waals surface area contributed by atoms with Crippen molar-refractivity contribution >= 4 is 40.7 Å². The first-order valence-electron chi connectivity index (χ1n) is 9.10. The van der Waals surface area contributed by atoms with Crippen molar-refractivity contribution in [1.82, 2.24) is 0 Å². The SMILES string of the molecule is O=C(Nc1ccccc1Cl)c1cccc(N2C(=O)C3CCCCC3C2=O)c1. The molecule has 1 saturated heterocycles. The van der Waals surface area contributed by atoms with E-state index in [1.165, 1.54) is 4.90 Å². The normalized spacial score (nSPS) is 21.9. The summed E-state index contributed by atoms with van der Waals surface area (Å²) in [6.07, 6.45) is 3.49. The van der Waals surface area contributed by atoms with Gasteiger partial charge in [-0.2, -0.15) is 0 Å². The summed E-state index contributed by atoms with van der Waals surface area (Å²) < 4.78 is 0. The minimum absolute atomic E-state index is 0.145. The van der Waals surface area contributed by atoms with Gasteiger partial charge in [-0.15, -0.1) is 0 Å². The van der Waals surface area contributed by atoms with Crippen molar-refractivity contribution in [1.29, 1.82) is 0 Å². The summed E-state index contributed by atoms with van der Waals surface area (Å²) in [4.78, 5) is 39.4. The third kappa shape index (κ3) is 3.23. The number of carbonyl (C=O) groups is 3. The van der Waals surface area contributed by atoms with Crippen LogP contribution in [0.25, 0.3) is 0 Å². The van der Waals surface area contributed by atoms with Crippen molar-refractivity contribution in [2.24, 2.45) is 11.8 Å². The zero-order valence-electron chi connectivity index (χ0n) is 14.7. The van der Waals surface area contributed by atoms with E-state index in [1.807, 2.05) is 0 Å². The van der Waals surface area contributed by atoms with Crippen LogP contribution in [-0.2, 0) is 9.59 Å². The smallest absolute Gasteiger partial charge is 0.255 e. The molecule has 0 spiro atoms. The van der Waals surface area contributed by atoms with Gasteiger partial charge in [-0.25, -0.2) is 0 Å². The topological polar surface area (TPSA) is 66.5 Å². The number of para-hydroxylation sites is 1. The van der Waals surface area contributed by atoms with Crippen LogP contribution in [0.2, 0.25) is 5.02 Å². The number of carbonyl (C=O) groups excluding carboxylic acids is 3. The van der Waals surface area contributed by atoms with E-state index >= 15 is 0 Å². The molecule has 1 heterocycles. The first kappa shape index (κ1) is 17.7. The first-order valence-corrected chi connectivity index (χ1v) is 9.48. The summed E-state index contributed by atoms with van der Waals surface area (Å²) in [5, 5.41) is 3.20. The predicted molar refractivity (Wildman–Crippen MR) is 104 cm³/mol. The molecule has 3 amide bonds. The minimum atomic E-state index is -0.346. The fraction of sp³-hybridized carbons (Fsp3) is 0.286. The maximum Gasteiger partial charge on any atom is 0.255 e. The molecule has 1 saturated carbocycles. The van der Waals surface area contributed by atoms with E-state index in [1.54, 1.807) is 48.5 Å². The molecular weight excluding hydrogens is 364 g/mol. The van der Waals surface area contributed by atoms with Gasteiger partial charge < -0.3 is 5.32 Å². The zero-order chi connectivity index (χ0) is 19.0. The highest BCUT2D eigenvalue weighted by atomic mass is 35.5. The van der Waals surface area contributed by atoms with Gasteiger partial charge in [0, 0.05) is 5.56 Å². The van der Waals surface area contributed by atoms with Crippen LogP contribution in [0.4, 0.5) is 11.4 Å². The fourth-order valence-corrected chi connectivity index (χ4v) is 4.14. The maximum absolute atomic E-state index is 12.8. The number of imide groups is 1. The first-order chi connectivity index (χ1) is 13.1. The van der Waals surface area contributed by atoms with Gasteiger partial charge in [-0.1, -0.05) is 42.6 Å². The molecule has 1 aliphatic carbocycles. The van der Waals surface area contributed by atoms with E-state index in [2.05, 4.69) is 5.32 Å². The van der Waals surface area contributed by atoms with Crippen LogP contribution < -0.4 is 10.2 Å². The van der Waals surface area contributed by atoms with Gasteiger partial charge in [0.25, 0.3) is 5.91 Å². The Hall–Kier alpha value is -2.66. The number of nitrogens with one attached hydrogen (secondary N) is 1. The number of hydrogen-bond donors (Lipinski definition) is 1. The van der Waals surface area contributed by atoms with Gasteiger partial charge in [0.05, 0.1) is 28.2 Å². The minimum Gasteiger partial charge on any atom is -0.321 e. The summed E-state index contributed by atoms with van der Waals surface area (Å²) in [7, 11) is 0. The molecule has 2 aliphatic rings. The Morgan fingerprint density at radius 1 is 0.963 bits per heavy atom. The lowest BCUT2D eigenvalue weighted by molar-refractivity contribution is -0.122. The lowest BCUT2D eigenvalue weighted by atomic mass is 9.81. The Balaban J connectivity index is 1.59. The van der Waals surface area contributed by atoms with E-state index < -0.39 is 0 Å². The number of anilines is 2. The molecule has 4 rings (SSSR count). The number of nitrogens with zero attached hydrogens (tertiary/aromatic N) is 1. The van der Waals surface area contributed by atoms with Crippen molar-refractivity contribution in [2.45, 2.75) is 25.7 Å². The van der Waals surface area contributed by atoms with Gasteiger partial charge in [-0.3, -0.25) is 19.3 Å². The molecule has 27 heavy (non-hydrogen) atoms. The second-order valence-electron chi connectivity index (χ2n) is 6.99. The number of benzene rings is 2. The van der Waals surface area contributed by atoms with Crippen LogP contribution in [0.15, 0.2) is 48.5 Å². The summed E-state index contributed by atoms with van der Waals surface area (Å²) in [5.74, 6) is -1.07. The summed E-state index contributed by atoms with van der Waals surface area (Å²) in [5.41, 5.74) is 1.32. The summed E-state index contributed by atoms with van der Waals surface area (Å²) >= 11 is 6.09. The molecule has 5 nitrogen and oxygen atoms in total. The van der Waals surface area contributed by atoms with Crippen LogP contribution in [-0.4, -0.2) is 17.7 Å². The quantitative estimate of drug-likeness (QED) is 0.806. The Morgan fingerprint density at radius 3 is 2.30 bits per heavy atom. The van der Waals surface area contributed by atoms with E-state index in [4.69, 9.17) is 11.6 Å². The molecule has 2 atom stereocenters. The number of hydrogen-bond acceptors (Lipinski definition) is 3. The Bertz CT molecular complexity index is 903. The van der Waals surface area contributed by atoms with Gasteiger partial charge >= 0.3 is 0 Å². The molecule has 2 aromatic rings. The van der Waals surface area contributed by atoms with Crippen molar-refractivity contribution < 1.29 is 14.4 Å². The van der Waals surface area contributed by atoms with E-state index in [0.29, 0.717) is 22.0 Å². The molecule has 2 aromatic carbocycles. The third-order valence-corrected chi connectivity index (χ3v) is 5.66. The highest BCUT2D eigenvalue weighted by Gasteiger charge is 2.48. The van der Waals surface area contributed by atoms with Crippen molar-refractivity contribution in [3.05, 3.63) is 59.1 Å². The largest absolute Gasteiger partial charge is 0.321 e. The third-order valence-electron chi connectivity index (χ3n) is 5.33. The van der Waals surface area contributed by atoms with Gasteiger partial charge in [-0.05, 0) is 43.2 Å². The maximum atomic E-state index is 12.8. The molecule has 0 bridgehead atoms. The molecule has 0 radical (unpaired) electrons. The summed E-state index contributed by atoms with van der Waals surface area (Å²) in [6, 6.07) is 13.6. The van der Waals surface area contributed by atoms with Crippen LogP contribution in [0, 0.1) is 11.8 Å². The van der Waals surface area contributed by atoms with Crippen molar-refractivity contribution in [3.63, 3.8) is 0 Å². The monoisotopic (exact) mass is 382 g/mol. The standard InChI is InChI=1S/C21H19ClN2O3/c22-17-10-3-4-11-18(17)23-19(25)13-6-5-7-14(12-13)24-20(26)15-8-1-2-9-16(15)21(24)27/h3-7,10-12,15-16H,1-2,8-9H2,(H,23,25). The van der Waals surface area contributed by atoms with Crippen LogP contribution in [0.5, 0.6) is 0 Å². The van der Waals surface area contributed by atoms with Crippen LogP contribution >= 0.6 is 11.6 Å². The molecule has 1 N–H and O–H groups in total. The Kier molecular flexibility index (Phi) is 4.70. The van der Waals surface area contributed by atoms with E-state index in [-0.39, 0.29) is 29.6 Å². The lowest BCUT2D eigenvalue weighted by Crippen LogP contribution is -2.31.